The number of aromatic carboxylic acids is 1. The third kappa shape index (κ3) is 3.77. The Bertz CT molecular complexity index is 1370. The van der Waals surface area contributed by atoms with Gasteiger partial charge in [0.05, 0.1) is 11.9 Å². The van der Waals surface area contributed by atoms with E-state index < -0.39 is 51.9 Å². The molecule has 2 aromatic carbocycles. The summed E-state index contributed by atoms with van der Waals surface area (Å²) in [6.45, 7) is -3.17. The van der Waals surface area contributed by atoms with Crippen molar-refractivity contribution in [2.24, 2.45) is 0 Å². The van der Waals surface area contributed by atoms with Crippen LogP contribution in [0.2, 0.25) is 0 Å². The van der Waals surface area contributed by atoms with Gasteiger partial charge in [-0.15, -0.1) is 0 Å². The van der Waals surface area contributed by atoms with Crippen molar-refractivity contribution in [2.45, 2.75) is 13.2 Å². The maximum atomic E-state index is 14.4. The molecule has 8 nitrogen and oxygen atoms in total. The molecule has 4 aromatic rings. The molecule has 0 amide bonds. The Labute approximate surface area is 175 Å². The maximum absolute atomic E-state index is 14.4. The number of carbonyl (C=O) groups is 1. The Hall–Kier alpha value is -4.22. The zero-order valence-corrected chi connectivity index (χ0v) is 15.9. The Morgan fingerprint density at radius 3 is 2.50 bits per heavy atom. The van der Waals surface area contributed by atoms with Gasteiger partial charge in [-0.25, -0.2) is 18.9 Å². The van der Waals surface area contributed by atoms with Crippen LogP contribution in [0.4, 0.5) is 17.6 Å². The van der Waals surface area contributed by atoms with E-state index in [1.54, 1.807) is 16.8 Å². The number of carboxylic acid groups (broad SMARTS) is 1. The summed E-state index contributed by atoms with van der Waals surface area (Å²) in [7, 11) is 0. The molecule has 1 N–H and O–H groups in total. The van der Waals surface area contributed by atoms with Crippen LogP contribution in [0, 0.1) is 11.6 Å². The van der Waals surface area contributed by atoms with Gasteiger partial charge in [-0.2, -0.15) is 18.3 Å². The second kappa shape index (κ2) is 8.13. The highest BCUT2D eigenvalue weighted by atomic mass is 19.3. The zero-order chi connectivity index (χ0) is 23.0. The molecule has 0 spiro atoms. The number of nitrogens with zero attached hydrogens (tertiary/aromatic N) is 4. The van der Waals surface area contributed by atoms with Gasteiger partial charge in [0.2, 0.25) is 11.2 Å². The number of alkyl halides is 2. The van der Waals surface area contributed by atoms with Gasteiger partial charge in [-0.05, 0) is 23.8 Å². The largest absolute Gasteiger partial charge is 0.477 e. The lowest BCUT2D eigenvalue weighted by atomic mass is 10.1. The van der Waals surface area contributed by atoms with E-state index >= 15 is 0 Å². The minimum Gasteiger partial charge on any atom is -0.477 e. The third-order valence-corrected chi connectivity index (χ3v) is 4.60. The first-order chi connectivity index (χ1) is 15.3. The molecule has 32 heavy (non-hydrogen) atoms. The first-order valence-corrected chi connectivity index (χ1v) is 8.93. The smallest absolute Gasteiger partial charge is 0.387 e. The fourth-order valence-corrected chi connectivity index (χ4v) is 3.22. The number of ether oxygens (including phenoxy) is 1. The fraction of sp³-hybridized carbons (Fsp3) is 0.100. The van der Waals surface area contributed by atoms with Crippen LogP contribution in [0.5, 0.6) is 5.75 Å². The number of fused-ring (bicyclic) bond motifs is 1. The maximum Gasteiger partial charge on any atom is 0.387 e. The molecule has 0 aliphatic heterocycles. The van der Waals surface area contributed by atoms with Crippen LogP contribution in [0.3, 0.4) is 0 Å². The number of halogens is 4. The summed E-state index contributed by atoms with van der Waals surface area (Å²) in [6, 6.07) is 6.65. The van der Waals surface area contributed by atoms with Crippen LogP contribution < -0.4 is 10.2 Å². The molecule has 2 heterocycles. The number of rotatable bonds is 6. The average Bonchev–Trinajstić information content (AvgIpc) is 3.25. The van der Waals surface area contributed by atoms with Crippen LogP contribution in [0.15, 0.2) is 54.0 Å². The summed E-state index contributed by atoms with van der Waals surface area (Å²) < 4.78 is 61.0. The summed E-state index contributed by atoms with van der Waals surface area (Å²) in [5.41, 5.74) is -1.54. The van der Waals surface area contributed by atoms with E-state index in [9.17, 15) is 32.3 Å². The molecule has 0 saturated heterocycles. The molecule has 0 unspecified atom stereocenters. The average molecular weight is 448 g/mol. The SMILES string of the molecule is O=C(O)c1cn(-c2ccc(Cn3cncn3)cc2)c2c(OC(F)F)c(F)c(F)cc2c1=O. The van der Waals surface area contributed by atoms with Crippen LogP contribution in [-0.2, 0) is 6.54 Å². The normalized spacial score (nSPS) is 11.3. The van der Waals surface area contributed by atoms with Gasteiger partial charge in [0.1, 0.15) is 23.7 Å². The minimum atomic E-state index is -3.53. The molecule has 0 fully saturated rings. The third-order valence-electron chi connectivity index (χ3n) is 4.60. The van der Waals surface area contributed by atoms with Crippen LogP contribution in [0.25, 0.3) is 16.6 Å². The first kappa shape index (κ1) is 21.0. The van der Waals surface area contributed by atoms with Crippen LogP contribution in [0.1, 0.15) is 15.9 Å². The highest BCUT2D eigenvalue weighted by Gasteiger charge is 2.25. The molecule has 0 saturated carbocycles. The predicted molar refractivity (Wildman–Crippen MR) is 102 cm³/mol. The van der Waals surface area contributed by atoms with Gasteiger partial charge >= 0.3 is 12.6 Å². The van der Waals surface area contributed by atoms with E-state index in [4.69, 9.17) is 0 Å². The first-order valence-electron chi connectivity index (χ1n) is 8.93. The van der Waals surface area contributed by atoms with E-state index in [1.165, 1.54) is 24.8 Å². The predicted octanol–water partition coefficient (Wildman–Crippen LogP) is 3.21. The fourth-order valence-electron chi connectivity index (χ4n) is 3.22. The number of pyridine rings is 1. The number of aromatic nitrogens is 4. The van der Waals surface area contributed by atoms with Gasteiger partial charge < -0.3 is 14.4 Å². The van der Waals surface area contributed by atoms with E-state index in [2.05, 4.69) is 14.8 Å². The minimum absolute atomic E-state index is 0.185. The number of carboxylic acids is 1. The number of benzene rings is 2. The van der Waals surface area contributed by atoms with Crippen molar-refractivity contribution < 1.29 is 32.2 Å². The lowest BCUT2D eigenvalue weighted by molar-refractivity contribution is -0.0515. The lowest BCUT2D eigenvalue weighted by Crippen LogP contribution is -2.20. The monoisotopic (exact) mass is 448 g/mol. The van der Waals surface area contributed by atoms with E-state index in [-0.39, 0.29) is 5.69 Å². The molecule has 0 atom stereocenters. The van der Waals surface area contributed by atoms with Crippen molar-refractivity contribution in [3.05, 3.63) is 82.2 Å². The molecule has 4 rings (SSSR count). The van der Waals surface area contributed by atoms with Crippen molar-refractivity contribution >= 4 is 16.9 Å². The van der Waals surface area contributed by atoms with Gasteiger partial charge in [0.25, 0.3) is 0 Å². The van der Waals surface area contributed by atoms with Crippen molar-refractivity contribution in [1.29, 1.82) is 0 Å². The molecule has 164 valence electrons. The van der Waals surface area contributed by atoms with E-state index in [0.717, 1.165) is 16.3 Å². The summed E-state index contributed by atoms with van der Waals surface area (Å²) in [4.78, 5) is 27.9. The molecule has 0 radical (unpaired) electrons. The summed E-state index contributed by atoms with van der Waals surface area (Å²) in [5.74, 6) is -6.22. The van der Waals surface area contributed by atoms with Gasteiger partial charge in [-0.1, -0.05) is 12.1 Å². The molecule has 0 bridgehead atoms. The summed E-state index contributed by atoms with van der Waals surface area (Å²) in [6.07, 6.45) is 3.69. The number of hydrogen-bond donors (Lipinski definition) is 1. The zero-order valence-electron chi connectivity index (χ0n) is 15.9. The second-order valence-electron chi connectivity index (χ2n) is 6.58. The Kier molecular flexibility index (Phi) is 5.34. The molecular weight excluding hydrogens is 436 g/mol. The molecular formula is C20H12F4N4O4. The highest BCUT2D eigenvalue weighted by Crippen LogP contribution is 2.33. The van der Waals surface area contributed by atoms with Crippen LogP contribution in [-0.4, -0.2) is 37.0 Å². The Balaban J connectivity index is 1.96. The second-order valence-corrected chi connectivity index (χ2v) is 6.58. The quantitative estimate of drug-likeness (QED) is 0.455. The lowest BCUT2D eigenvalue weighted by Gasteiger charge is -2.17. The molecule has 0 aliphatic rings. The molecule has 0 aliphatic carbocycles. The molecule has 2 aromatic heterocycles. The summed E-state index contributed by atoms with van der Waals surface area (Å²) in [5, 5.41) is 12.7. The van der Waals surface area contributed by atoms with Crippen molar-refractivity contribution in [3.8, 4) is 11.4 Å². The Morgan fingerprint density at radius 1 is 1.19 bits per heavy atom. The van der Waals surface area contributed by atoms with Gasteiger partial charge in [0.15, 0.2) is 11.6 Å². The topological polar surface area (TPSA) is 99.2 Å². The number of hydrogen-bond acceptors (Lipinski definition) is 5. The highest BCUT2D eigenvalue weighted by molar-refractivity contribution is 5.95. The van der Waals surface area contributed by atoms with Gasteiger partial charge in [0, 0.05) is 11.9 Å². The standard InChI is InChI=1S/C20H12F4N4O4/c21-14-5-12-16(18(15(14)22)32-20(23)24)28(7-13(17(12)29)19(30)31)11-3-1-10(2-4-11)6-27-9-25-8-26-27/h1-5,7-9,20H,6H2,(H,30,31). The van der Waals surface area contributed by atoms with Gasteiger partial charge in [-0.3, -0.25) is 4.79 Å². The Morgan fingerprint density at radius 2 is 1.91 bits per heavy atom. The van der Waals surface area contributed by atoms with Crippen LogP contribution >= 0.6 is 0 Å². The van der Waals surface area contributed by atoms with E-state index in [1.807, 2.05) is 0 Å². The summed E-state index contributed by atoms with van der Waals surface area (Å²) >= 11 is 0. The van der Waals surface area contributed by atoms with Crippen molar-refractivity contribution in [2.75, 3.05) is 0 Å². The van der Waals surface area contributed by atoms with Crippen molar-refractivity contribution in [1.82, 2.24) is 19.3 Å². The molecule has 12 heteroatoms. The van der Waals surface area contributed by atoms with E-state index in [0.29, 0.717) is 12.6 Å². The van der Waals surface area contributed by atoms with Crippen molar-refractivity contribution in [3.63, 3.8) is 0 Å².